The minimum absolute atomic E-state index is 0.0363. The van der Waals surface area contributed by atoms with Gasteiger partial charge in [-0.05, 0) is 38.5 Å². The molecule has 0 bridgehead atoms. The van der Waals surface area contributed by atoms with Gasteiger partial charge in [0, 0.05) is 13.1 Å². The van der Waals surface area contributed by atoms with Gasteiger partial charge in [-0.1, -0.05) is 18.6 Å². The molecule has 0 aromatic rings. The monoisotopic (exact) mass is 252 g/mol. The fraction of sp³-hybridized carbons (Fsp3) is 0.786. The molecule has 1 unspecified atom stereocenters. The Kier molecular flexibility index (Phi) is 4.27. The van der Waals surface area contributed by atoms with Crippen molar-refractivity contribution in [2.24, 2.45) is 0 Å². The molecule has 2 aliphatic rings. The quantitative estimate of drug-likeness (QED) is 0.755. The first-order valence-electron chi connectivity index (χ1n) is 7.06. The number of nitrogens with zero attached hydrogens (tertiary/aromatic N) is 1. The number of likely N-dealkylation sites (tertiary alicyclic amines) is 1. The number of carbonyl (C=O) groups excluding carboxylic acids is 1. The summed E-state index contributed by atoms with van der Waals surface area (Å²) in [5.41, 5.74) is 0.682. The van der Waals surface area contributed by atoms with E-state index in [1.165, 1.54) is 18.4 Å². The highest BCUT2D eigenvalue weighted by atomic mass is 16.3. The van der Waals surface area contributed by atoms with Crippen LogP contribution in [0.2, 0.25) is 0 Å². The van der Waals surface area contributed by atoms with Crippen molar-refractivity contribution < 1.29 is 9.90 Å². The number of nitrogens with one attached hydrogen (secondary N) is 1. The van der Waals surface area contributed by atoms with Gasteiger partial charge in [-0.25, -0.2) is 4.79 Å². The standard InChI is InChI=1S/C14H24N2O2/c1-2-14(18)8-9-16(11-14)13(17)15-10-12-6-4-3-5-7-12/h6,18H,2-5,7-11H2,1H3,(H,15,17). The van der Waals surface area contributed by atoms with E-state index in [2.05, 4.69) is 11.4 Å². The van der Waals surface area contributed by atoms with Crippen LogP contribution < -0.4 is 5.32 Å². The van der Waals surface area contributed by atoms with Gasteiger partial charge in [0.1, 0.15) is 0 Å². The predicted molar refractivity (Wildman–Crippen MR) is 71.4 cm³/mol. The van der Waals surface area contributed by atoms with E-state index in [0.717, 1.165) is 12.8 Å². The molecule has 2 amide bonds. The lowest BCUT2D eigenvalue weighted by atomic mass is 10.00. The fourth-order valence-electron chi connectivity index (χ4n) is 2.68. The Labute approximate surface area is 109 Å². The minimum Gasteiger partial charge on any atom is -0.388 e. The van der Waals surface area contributed by atoms with Gasteiger partial charge in [-0.3, -0.25) is 0 Å². The van der Waals surface area contributed by atoms with Crippen LogP contribution in [-0.4, -0.2) is 41.3 Å². The van der Waals surface area contributed by atoms with Crippen molar-refractivity contribution in [2.75, 3.05) is 19.6 Å². The van der Waals surface area contributed by atoms with Crippen molar-refractivity contribution in [3.8, 4) is 0 Å². The molecule has 1 heterocycles. The van der Waals surface area contributed by atoms with Gasteiger partial charge in [-0.2, -0.15) is 0 Å². The number of allylic oxidation sites excluding steroid dienone is 1. The van der Waals surface area contributed by atoms with Gasteiger partial charge in [-0.15, -0.1) is 0 Å². The summed E-state index contributed by atoms with van der Waals surface area (Å²) in [6.07, 6.45) is 8.41. The molecule has 1 saturated heterocycles. The van der Waals surface area contributed by atoms with E-state index in [1.807, 2.05) is 6.92 Å². The first-order chi connectivity index (χ1) is 8.63. The molecule has 0 aromatic heterocycles. The average molecular weight is 252 g/mol. The van der Waals surface area contributed by atoms with E-state index in [9.17, 15) is 9.90 Å². The molecule has 0 radical (unpaired) electrons. The van der Waals surface area contributed by atoms with E-state index in [1.54, 1.807) is 4.90 Å². The summed E-state index contributed by atoms with van der Waals surface area (Å²) in [7, 11) is 0. The number of amides is 2. The molecule has 1 aliphatic heterocycles. The van der Waals surface area contributed by atoms with E-state index in [0.29, 0.717) is 32.5 Å². The highest BCUT2D eigenvalue weighted by molar-refractivity contribution is 5.75. The Morgan fingerprint density at radius 2 is 2.39 bits per heavy atom. The SMILES string of the molecule is CCC1(O)CCN(C(=O)NCC2=CCCCC2)C1. The van der Waals surface area contributed by atoms with Crippen molar-refractivity contribution in [2.45, 2.75) is 51.0 Å². The summed E-state index contributed by atoms with van der Waals surface area (Å²) in [5.74, 6) is 0. The largest absolute Gasteiger partial charge is 0.388 e. The fourth-order valence-corrected chi connectivity index (χ4v) is 2.68. The molecule has 1 atom stereocenters. The van der Waals surface area contributed by atoms with Crippen LogP contribution in [0.25, 0.3) is 0 Å². The van der Waals surface area contributed by atoms with Gasteiger partial charge in [0.05, 0.1) is 12.1 Å². The first-order valence-corrected chi connectivity index (χ1v) is 7.06. The third-order valence-corrected chi connectivity index (χ3v) is 4.13. The van der Waals surface area contributed by atoms with Crippen molar-refractivity contribution in [3.05, 3.63) is 11.6 Å². The van der Waals surface area contributed by atoms with Crippen molar-refractivity contribution >= 4 is 6.03 Å². The number of rotatable bonds is 3. The second-order valence-corrected chi connectivity index (χ2v) is 5.52. The molecule has 4 nitrogen and oxygen atoms in total. The Bertz CT molecular complexity index is 341. The van der Waals surface area contributed by atoms with E-state index >= 15 is 0 Å². The molecular formula is C14H24N2O2. The van der Waals surface area contributed by atoms with Crippen LogP contribution in [0.15, 0.2) is 11.6 Å². The van der Waals surface area contributed by atoms with Crippen LogP contribution >= 0.6 is 0 Å². The Morgan fingerprint density at radius 1 is 1.56 bits per heavy atom. The van der Waals surface area contributed by atoms with Crippen LogP contribution in [-0.2, 0) is 0 Å². The van der Waals surface area contributed by atoms with Crippen LogP contribution in [0.5, 0.6) is 0 Å². The summed E-state index contributed by atoms with van der Waals surface area (Å²) < 4.78 is 0. The highest BCUT2D eigenvalue weighted by Crippen LogP contribution is 2.24. The smallest absolute Gasteiger partial charge is 0.317 e. The predicted octanol–water partition coefficient (Wildman–Crippen LogP) is 2.04. The Morgan fingerprint density at radius 3 is 3.00 bits per heavy atom. The zero-order chi connectivity index (χ0) is 13.0. The topological polar surface area (TPSA) is 52.6 Å². The summed E-state index contributed by atoms with van der Waals surface area (Å²) in [6, 6.07) is -0.0363. The summed E-state index contributed by atoms with van der Waals surface area (Å²) in [6.45, 7) is 3.76. The molecule has 18 heavy (non-hydrogen) atoms. The molecule has 1 aliphatic carbocycles. The average Bonchev–Trinajstić information content (AvgIpc) is 2.81. The first kappa shape index (κ1) is 13.4. The van der Waals surface area contributed by atoms with Crippen LogP contribution in [0, 0.1) is 0 Å². The molecule has 0 spiro atoms. The Balaban J connectivity index is 1.77. The maximum atomic E-state index is 12.0. The molecule has 2 rings (SSSR count). The van der Waals surface area contributed by atoms with Crippen LogP contribution in [0.4, 0.5) is 4.79 Å². The lowest BCUT2D eigenvalue weighted by Crippen LogP contribution is -2.42. The summed E-state index contributed by atoms with van der Waals surface area (Å²) in [5, 5.41) is 13.1. The van der Waals surface area contributed by atoms with Gasteiger partial charge in [0.15, 0.2) is 0 Å². The second-order valence-electron chi connectivity index (χ2n) is 5.52. The molecule has 102 valence electrons. The van der Waals surface area contributed by atoms with Gasteiger partial charge in [0.2, 0.25) is 0 Å². The highest BCUT2D eigenvalue weighted by Gasteiger charge is 2.36. The second kappa shape index (κ2) is 5.74. The van der Waals surface area contributed by atoms with Crippen molar-refractivity contribution in [1.82, 2.24) is 10.2 Å². The van der Waals surface area contributed by atoms with E-state index < -0.39 is 5.60 Å². The Hall–Kier alpha value is -1.03. The number of hydrogen-bond acceptors (Lipinski definition) is 2. The molecule has 1 fully saturated rings. The number of aliphatic hydroxyl groups is 1. The maximum Gasteiger partial charge on any atom is 0.317 e. The van der Waals surface area contributed by atoms with Crippen molar-refractivity contribution in [3.63, 3.8) is 0 Å². The molecule has 0 aromatic carbocycles. The lowest BCUT2D eigenvalue weighted by Gasteiger charge is -2.22. The van der Waals surface area contributed by atoms with Gasteiger partial charge >= 0.3 is 6.03 Å². The van der Waals surface area contributed by atoms with Crippen LogP contribution in [0.3, 0.4) is 0 Å². The molecule has 4 heteroatoms. The molecule has 0 saturated carbocycles. The van der Waals surface area contributed by atoms with Gasteiger partial charge < -0.3 is 15.3 Å². The summed E-state index contributed by atoms with van der Waals surface area (Å²) >= 11 is 0. The molecule has 2 N–H and O–H groups in total. The third kappa shape index (κ3) is 3.25. The zero-order valence-electron chi connectivity index (χ0n) is 11.2. The van der Waals surface area contributed by atoms with E-state index in [-0.39, 0.29) is 6.03 Å². The van der Waals surface area contributed by atoms with E-state index in [4.69, 9.17) is 0 Å². The number of urea groups is 1. The normalized spacial score (nSPS) is 28.1. The lowest BCUT2D eigenvalue weighted by molar-refractivity contribution is 0.0486. The van der Waals surface area contributed by atoms with Gasteiger partial charge in [0.25, 0.3) is 0 Å². The maximum absolute atomic E-state index is 12.0. The molecular weight excluding hydrogens is 228 g/mol. The summed E-state index contributed by atoms with van der Waals surface area (Å²) in [4.78, 5) is 13.7. The number of β-amino-alcohol motifs (C(OH)–C–C–N with tert-alkyl or cyclic N) is 1. The number of carbonyl (C=O) groups is 1. The third-order valence-electron chi connectivity index (χ3n) is 4.13. The van der Waals surface area contributed by atoms with Crippen LogP contribution in [0.1, 0.15) is 45.4 Å². The van der Waals surface area contributed by atoms with Crippen molar-refractivity contribution in [1.29, 1.82) is 0 Å². The zero-order valence-corrected chi connectivity index (χ0v) is 11.2. The minimum atomic E-state index is -0.665. The number of hydrogen-bond donors (Lipinski definition) is 2.